The molecule has 1 aliphatic rings. The molecule has 0 unspecified atom stereocenters. The van der Waals surface area contributed by atoms with Crippen LogP contribution in [0.2, 0.25) is 0 Å². The first kappa shape index (κ1) is 10.6. The Hall–Kier alpha value is -0.900. The predicted molar refractivity (Wildman–Crippen MR) is 57.4 cm³/mol. The molecule has 2 rings (SSSR count). The Bertz CT molecular complexity index is 342. The summed E-state index contributed by atoms with van der Waals surface area (Å²) >= 11 is 0. The van der Waals surface area contributed by atoms with Crippen LogP contribution in [0.1, 0.15) is 30.8 Å². The van der Waals surface area contributed by atoms with E-state index < -0.39 is 0 Å². The number of nitrogens with zero attached hydrogens (tertiary/aromatic N) is 2. The van der Waals surface area contributed by atoms with Gasteiger partial charge in [0.05, 0.1) is 6.54 Å². The van der Waals surface area contributed by atoms with E-state index in [4.69, 9.17) is 5.73 Å². The lowest BCUT2D eigenvalue weighted by atomic mass is 10.1. The summed E-state index contributed by atoms with van der Waals surface area (Å²) in [6, 6.07) is 0. The number of hydrogen-bond donors (Lipinski definition) is 1. The number of nitrogens with two attached hydrogens (primary N) is 1. The number of hydrogen-bond acceptors (Lipinski definition) is 2. The molecule has 3 nitrogen and oxygen atoms in total. The lowest BCUT2D eigenvalue weighted by Crippen LogP contribution is -2.22. The quantitative estimate of drug-likeness (QED) is 0.803. The van der Waals surface area contributed by atoms with Gasteiger partial charge in [0.15, 0.2) is 0 Å². The maximum absolute atomic E-state index is 12.3. The molecule has 0 aromatic carbocycles. The number of aromatic nitrogens is 2. The second-order valence-electron chi connectivity index (χ2n) is 4.50. The summed E-state index contributed by atoms with van der Waals surface area (Å²) in [5.74, 6) is 0.893. The van der Waals surface area contributed by atoms with Crippen LogP contribution in [0.25, 0.3) is 0 Å². The fourth-order valence-electron chi connectivity index (χ4n) is 1.89. The van der Waals surface area contributed by atoms with E-state index in [9.17, 15) is 4.39 Å². The van der Waals surface area contributed by atoms with E-state index in [1.807, 2.05) is 17.7 Å². The van der Waals surface area contributed by atoms with Crippen LogP contribution in [0.5, 0.6) is 0 Å². The minimum atomic E-state index is -0.335. The molecule has 0 aliphatic heterocycles. The van der Waals surface area contributed by atoms with Crippen LogP contribution in [0, 0.1) is 6.92 Å². The van der Waals surface area contributed by atoms with Crippen molar-refractivity contribution < 1.29 is 4.39 Å². The number of alkyl halides is 1. The van der Waals surface area contributed by atoms with Crippen LogP contribution < -0.4 is 5.73 Å². The summed E-state index contributed by atoms with van der Waals surface area (Å²) in [6.07, 6.45) is 6.00. The van der Waals surface area contributed by atoms with E-state index in [0.29, 0.717) is 6.54 Å². The molecule has 4 heteroatoms. The Morgan fingerprint density at radius 1 is 1.60 bits per heavy atom. The third kappa shape index (κ3) is 2.37. The molecule has 84 valence electrons. The lowest BCUT2D eigenvalue weighted by Gasteiger charge is -2.10. The van der Waals surface area contributed by atoms with Crippen molar-refractivity contribution in [3.63, 3.8) is 0 Å². The van der Waals surface area contributed by atoms with Gasteiger partial charge in [0.25, 0.3) is 0 Å². The van der Waals surface area contributed by atoms with Crippen LogP contribution in [-0.4, -0.2) is 21.8 Å². The first-order chi connectivity index (χ1) is 7.14. The summed E-state index contributed by atoms with van der Waals surface area (Å²) in [5, 5.41) is 0. The van der Waals surface area contributed by atoms with Crippen molar-refractivity contribution in [1.29, 1.82) is 0 Å². The van der Waals surface area contributed by atoms with Gasteiger partial charge in [0.2, 0.25) is 0 Å². The smallest absolute Gasteiger partial charge is 0.107 e. The second kappa shape index (κ2) is 3.93. The molecule has 1 aliphatic carbocycles. The standard InChI is InChI=1S/C11H18FN3/c1-9-14-8-10(15(9)7-6-12)2-3-11(13)4-5-11/h8H,2-7,13H2,1H3. The highest BCUT2D eigenvalue weighted by Gasteiger charge is 2.37. The molecule has 1 saturated carbocycles. The van der Waals surface area contributed by atoms with Gasteiger partial charge in [0, 0.05) is 17.4 Å². The van der Waals surface area contributed by atoms with Crippen LogP contribution in [-0.2, 0) is 13.0 Å². The zero-order valence-corrected chi connectivity index (χ0v) is 9.17. The maximum atomic E-state index is 12.3. The highest BCUT2D eigenvalue weighted by Crippen LogP contribution is 2.36. The molecule has 0 radical (unpaired) electrons. The first-order valence-electron chi connectivity index (χ1n) is 5.50. The predicted octanol–water partition coefficient (Wildman–Crippen LogP) is 1.58. The van der Waals surface area contributed by atoms with Gasteiger partial charge in [-0.25, -0.2) is 9.37 Å². The Kier molecular flexibility index (Phi) is 2.78. The Labute approximate surface area is 89.5 Å². The summed E-state index contributed by atoms with van der Waals surface area (Å²) in [5.41, 5.74) is 7.20. The Morgan fingerprint density at radius 2 is 2.33 bits per heavy atom. The van der Waals surface area contributed by atoms with E-state index in [2.05, 4.69) is 4.98 Å². The summed E-state index contributed by atoms with van der Waals surface area (Å²) in [6.45, 7) is 1.99. The Morgan fingerprint density at radius 3 is 2.93 bits per heavy atom. The molecular weight excluding hydrogens is 193 g/mol. The van der Waals surface area contributed by atoms with Crippen molar-refractivity contribution in [2.24, 2.45) is 5.73 Å². The maximum Gasteiger partial charge on any atom is 0.107 e. The van der Waals surface area contributed by atoms with Crippen LogP contribution in [0.15, 0.2) is 6.20 Å². The number of aryl methyl sites for hydroxylation is 2. The van der Waals surface area contributed by atoms with Gasteiger partial charge >= 0.3 is 0 Å². The van der Waals surface area contributed by atoms with Gasteiger partial charge in [-0.2, -0.15) is 0 Å². The summed E-state index contributed by atoms with van der Waals surface area (Å²) in [7, 11) is 0. The fraction of sp³-hybridized carbons (Fsp3) is 0.727. The monoisotopic (exact) mass is 211 g/mol. The summed E-state index contributed by atoms with van der Waals surface area (Å²) < 4.78 is 14.3. The molecule has 2 N–H and O–H groups in total. The minimum absolute atomic E-state index is 0.0682. The molecule has 15 heavy (non-hydrogen) atoms. The molecule has 1 fully saturated rings. The largest absolute Gasteiger partial charge is 0.330 e. The van der Waals surface area contributed by atoms with Crippen molar-refractivity contribution in [3.05, 3.63) is 17.7 Å². The highest BCUT2D eigenvalue weighted by atomic mass is 19.1. The molecule has 0 amide bonds. The van der Waals surface area contributed by atoms with Gasteiger partial charge in [0.1, 0.15) is 12.5 Å². The van der Waals surface area contributed by atoms with E-state index in [-0.39, 0.29) is 12.2 Å². The number of rotatable bonds is 5. The highest BCUT2D eigenvalue weighted by molar-refractivity contribution is 5.08. The lowest BCUT2D eigenvalue weighted by molar-refractivity contribution is 0.433. The molecule has 1 heterocycles. The van der Waals surface area contributed by atoms with Crippen LogP contribution >= 0.6 is 0 Å². The summed E-state index contributed by atoms with van der Waals surface area (Å²) in [4.78, 5) is 4.21. The van der Waals surface area contributed by atoms with E-state index in [1.54, 1.807) is 0 Å². The molecule has 0 spiro atoms. The average molecular weight is 211 g/mol. The van der Waals surface area contributed by atoms with E-state index in [1.165, 1.54) is 0 Å². The van der Waals surface area contributed by atoms with E-state index in [0.717, 1.165) is 37.2 Å². The SMILES string of the molecule is Cc1ncc(CCC2(N)CC2)n1CCF. The van der Waals surface area contributed by atoms with Crippen LogP contribution in [0.3, 0.4) is 0 Å². The molecule has 1 aromatic rings. The normalized spacial score (nSPS) is 18.1. The van der Waals surface area contributed by atoms with Gasteiger partial charge < -0.3 is 10.3 Å². The number of halogens is 1. The van der Waals surface area contributed by atoms with E-state index >= 15 is 0 Å². The van der Waals surface area contributed by atoms with Gasteiger partial charge in [-0.1, -0.05) is 0 Å². The van der Waals surface area contributed by atoms with Crippen molar-refractivity contribution >= 4 is 0 Å². The first-order valence-corrected chi connectivity index (χ1v) is 5.50. The molecule has 0 atom stereocenters. The third-order valence-electron chi connectivity index (χ3n) is 3.22. The topological polar surface area (TPSA) is 43.8 Å². The molecule has 0 saturated heterocycles. The van der Waals surface area contributed by atoms with Gasteiger partial charge in [-0.05, 0) is 32.6 Å². The minimum Gasteiger partial charge on any atom is -0.330 e. The average Bonchev–Trinajstić information content (AvgIpc) is 2.84. The Balaban J connectivity index is 2.00. The molecule has 0 bridgehead atoms. The number of imidazole rings is 1. The van der Waals surface area contributed by atoms with Crippen molar-refractivity contribution in [2.75, 3.05) is 6.67 Å². The second-order valence-corrected chi connectivity index (χ2v) is 4.50. The zero-order valence-electron chi connectivity index (χ0n) is 9.17. The van der Waals surface area contributed by atoms with Crippen LogP contribution in [0.4, 0.5) is 4.39 Å². The molecular formula is C11H18FN3. The van der Waals surface area contributed by atoms with Crippen molar-refractivity contribution in [1.82, 2.24) is 9.55 Å². The van der Waals surface area contributed by atoms with Gasteiger partial charge in [-0.3, -0.25) is 0 Å². The fourth-order valence-corrected chi connectivity index (χ4v) is 1.89. The van der Waals surface area contributed by atoms with Crippen molar-refractivity contribution in [2.45, 2.75) is 44.7 Å². The third-order valence-corrected chi connectivity index (χ3v) is 3.22. The molecule has 1 aromatic heterocycles. The van der Waals surface area contributed by atoms with Gasteiger partial charge in [-0.15, -0.1) is 0 Å². The van der Waals surface area contributed by atoms with Crippen molar-refractivity contribution in [3.8, 4) is 0 Å². The zero-order chi connectivity index (χ0) is 10.9.